The molecule has 0 heterocycles. The van der Waals surface area contributed by atoms with Crippen molar-refractivity contribution >= 4 is 11.6 Å². The molecule has 22 heavy (non-hydrogen) atoms. The molecule has 1 fully saturated rings. The van der Waals surface area contributed by atoms with E-state index < -0.39 is 5.79 Å². The first kappa shape index (κ1) is 17.5. The Labute approximate surface area is 137 Å². The molecule has 0 aromatic heterocycles. The average Bonchev–Trinajstić information content (AvgIpc) is 2.56. The van der Waals surface area contributed by atoms with Crippen LogP contribution in [0, 0.1) is 5.92 Å². The summed E-state index contributed by atoms with van der Waals surface area (Å²) in [7, 11) is 5.11. The quantitative estimate of drug-likeness (QED) is 0.811. The van der Waals surface area contributed by atoms with Crippen LogP contribution in [0.2, 0.25) is 5.02 Å². The SMILES string of the molecule is COc1ccc(Cl)cc1C(CN)C1CCC(OC)(OC)CC1. The molecule has 0 aliphatic heterocycles. The fourth-order valence-corrected chi connectivity index (χ4v) is 3.72. The van der Waals surface area contributed by atoms with Crippen LogP contribution < -0.4 is 10.5 Å². The molecule has 1 aliphatic rings. The molecule has 0 amide bonds. The summed E-state index contributed by atoms with van der Waals surface area (Å²) in [5.74, 6) is 1.14. The molecule has 0 bridgehead atoms. The van der Waals surface area contributed by atoms with Crippen molar-refractivity contribution in [3.63, 3.8) is 0 Å². The predicted octanol–water partition coefficient (Wildman–Crippen LogP) is 3.57. The Balaban J connectivity index is 2.18. The van der Waals surface area contributed by atoms with Crippen LogP contribution in [0.4, 0.5) is 0 Å². The van der Waals surface area contributed by atoms with Gasteiger partial charge in [-0.2, -0.15) is 0 Å². The highest BCUT2D eigenvalue weighted by Crippen LogP contribution is 2.43. The third-order valence-corrected chi connectivity index (χ3v) is 5.19. The van der Waals surface area contributed by atoms with Crippen LogP contribution in [0.3, 0.4) is 0 Å². The summed E-state index contributed by atoms with van der Waals surface area (Å²) < 4.78 is 16.6. The van der Waals surface area contributed by atoms with Crippen LogP contribution in [0.5, 0.6) is 5.75 Å². The minimum atomic E-state index is -0.436. The normalized spacial score (nSPS) is 19.9. The van der Waals surface area contributed by atoms with Crippen molar-refractivity contribution in [3.8, 4) is 5.75 Å². The molecule has 2 rings (SSSR count). The maximum Gasteiger partial charge on any atom is 0.167 e. The molecule has 1 unspecified atom stereocenters. The minimum Gasteiger partial charge on any atom is -0.496 e. The molecule has 0 saturated heterocycles. The van der Waals surface area contributed by atoms with Gasteiger partial charge in [-0.1, -0.05) is 11.6 Å². The molecule has 4 nitrogen and oxygen atoms in total. The number of hydrogen-bond acceptors (Lipinski definition) is 4. The Morgan fingerprint density at radius 1 is 1.23 bits per heavy atom. The van der Waals surface area contributed by atoms with Crippen LogP contribution in [0.25, 0.3) is 0 Å². The summed E-state index contributed by atoms with van der Waals surface area (Å²) in [6, 6.07) is 5.74. The van der Waals surface area contributed by atoms with Gasteiger partial charge in [-0.15, -0.1) is 0 Å². The predicted molar refractivity (Wildman–Crippen MR) is 88.5 cm³/mol. The first-order chi connectivity index (χ1) is 10.6. The van der Waals surface area contributed by atoms with E-state index in [4.69, 9.17) is 31.5 Å². The lowest BCUT2D eigenvalue weighted by atomic mass is 9.74. The first-order valence-electron chi connectivity index (χ1n) is 7.73. The number of halogens is 1. The lowest BCUT2D eigenvalue weighted by molar-refractivity contribution is -0.228. The van der Waals surface area contributed by atoms with Gasteiger partial charge in [0.2, 0.25) is 0 Å². The van der Waals surface area contributed by atoms with Crippen LogP contribution in [-0.4, -0.2) is 33.7 Å². The average molecular weight is 328 g/mol. The Bertz CT molecular complexity index is 481. The fourth-order valence-electron chi connectivity index (χ4n) is 3.54. The summed E-state index contributed by atoms with van der Waals surface area (Å²) in [5.41, 5.74) is 7.18. The van der Waals surface area contributed by atoms with Crippen molar-refractivity contribution < 1.29 is 14.2 Å². The molecule has 124 valence electrons. The molecule has 5 heteroatoms. The summed E-state index contributed by atoms with van der Waals surface area (Å²) in [6.45, 7) is 0.578. The molecular formula is C17H26ClNO3. The third-order valence-electron chi connectivity index (χ3n) is 4.95. The van der Waals surface area contributed by atoms with Gasteiger partial charge >= 0.3 is 0 Å². The second kappa shape index (κ2) is 7.64. The van der Waals surface area contributed by atoms with Gasteiger partial charge < -0.3 is 19.9 Å². The number of rotatable bonds is 6. The lowest BCUT2D eigenvalue weighted by Gasteiger charge is -2.40. The van der Waals surface area contributed by atoms with E-state index in [0.717, 1.165) is 37.0 Å². The molecule has 1 atom stereocenters. The molecule has 1 aromatic rings. The van der Waals surface area contributed by atoms with Gasteiger partial charge in [0, 0.05) is 43.6 Å². The van der Waals surface area contributed by atoms with Gasteiger partial charge in [-0.25, -0.2) is 0 Å². The fraction of sp³-hybridized carbons (Fsp3) is 0.647. The maximum atomic E-state index is 6.17. The molecular weight excluding hydrogens is 302 g/mol. The van der Waals surface area contributed by atoms with Crippen molar-refractivity contribution in [2.45, 2.75) is 37.4 Å². The molecule has 1 aromatic carbocycles. The van der Waals surface area contributed by atoms with Crippen molar-refractivity contribution in [1.29, 1.82) is 0 Å². The van der Waals surface area contributed by atoms with Gasteiger partial charge in [-0.05, 0) is 43.5 Å². The molecule has 2 N–H and O–H groups in total. The van der Waals surface area contributed by atoms with Crippen molar-refractivity contribution in [2.75, 3.05) is 27.9 Å². The lowest BCUT2D eigenvalue weighted by Crippen LogP contribution is -2.40. The zero-order valence-corrected chi connectivity index (χ0v) is 14.4. The van der Waals surface area contributed by atoms with Crippen molar-refractivity contribution in [1.82, 2.24) is 0 Å². The van der Waals surface area contributed by atoms with Crippen molar-refractivity contribution in [3.05, 3.63) is 28.8 Å². The topological polar surface area (TPSA) is 53.7 Å². The number of methoxy groups -OCH3 is 3. The van der Waals surface area contributed by atoms with E-state index in [0.29, 0.717) is 17.5 Å². The number of benzene rings is 1. The second-order valence-corrected chi connectivity index (χ2v) is 6.32. The molecule has 0 spiro atoms. The highest BCUT2D eigenvalue weighted by molar-refractivity contribution is 6.30. The van der Waals surface area contributed by atoms with E-state index in [1.165, 1.54) is 0 Å². The smallest absolute Gasteiger partial charge is 0.167 e. The maximum absolute atomic E-state index is 6.17. The summed E-state index contributed by atoms with van der Waals surface area (Å²) in [6.07, 6.45) is 3.78. The van der Waals surface area contributed by atoms with Crippen LogP contribution >= 0.6 is 11.6 Å². The third kappa shape index (κ3) is 3.57. The number of hydrogen-bond donors (Lipinski definition) is 1. The van der Waals surface area contributed by atoms with Gasteiger partial charge in [0.05, 0.1) is 7.11 Å². The van der Waals surface area contributed by atoms with E-state index >= 15 is 0 Å². The van der Waals surface area contributed by atoms with Crippen LogP contribution in [-0.2, 0) is 9.47 Å². The summed E-state index contributed by atoms with van der Waals surface area (Å²) >= 11 is 6.17. The largest absolute Gasteiger partial charge is 0.496 e. The van der Waals surface area contributed by atoms with E-state index in [1.54, 1.807) is 21.3 Å². The number of nitrogens with two attached hydrogens (primary N) is 1. The Morgan fingerprint density at radius 2 is 1.86 bits per heavy atom. The summed E-state index contributed by atoms with van der Waals surface area (Å²) in [4.78, 5) is 0. The van der Waals surface area contributed by atoms with Gasteiger partial charge in [0.25, 0.3) is 0 Å². The monoisotopic (exact) mass is 327 g/mol. The minimum absolute atomic E-state index is 0.236. The van der Waals surface area contributed by atoms with Crippen LogP contribution in [0.1, 0.15) is 37.2 Å². The van der Waals surface area contributed by atoms with E-state index in [9.17, 15) is 0 Å². The Kier molecular flexibility index (Phi) is 6.09. The standard InChI is InChI=1S/C17H26ClNO3/c1-20-16-5-4-13(18)10-14(16)15(11-19)12-6-8-17(21-2,22-3)9-7-12/h4-5,10,12,15H,6-9,11,19H2,1-3H3. The number of ether oxygens (including phenoxy) is 3. The van der Waals surface area contributed by atoms with Gasteiger partial charge in [0.1, 0.15) is 5.75 Å². The van der Waals surface area contributed by atoms with E-state index in [-0.39, 0.29) is 5.92 Å². The zero-order chi connectivity index (χ0) is 16.2. The molecule has 1 saturated carbocycles. The first-order valence-corrected chi connectivity index (χ1v) is 8.10. The second-order valence-electron chi connectivity index (χ2n) is 5.88. The van der Waals surface area contributed by atoms with Crippen molar-refractivity contribution in [2.24, 2.45) is 11.7 Å². The van der Waals surface area contributed by atoms with E-state index in [1.807, 2.05) is 18.2 Å². The van der Waals surface area contributed by atoms with Crippen LogP contribution in [0.15, 0.2) is 18.2 Å². The molecule has 0 radical (unpaired) electrons. The Morgan fingerprint density at radius 3 is 2.36 bits per heavy atom. The zero-order valence-electron chi connectivity index (χ0n) is 13.6. The van der Waals surface area contributed by atoms with Gasteiger partial charge in [0.15, 0.2) is 5.79 Å². The highest BCUT2D eigenvalue weighted by Gasteiger charge is 2.38. The summed E-state index contributed by atoms with van der Waals surface area (Å²) in [5, 5.41) is 0.716. The highest BCUT2D eigenvalue weighted by atomic mass is 35.5. The van der Waals surface area contributed by atoms with E-state index in [2.05, 4.69) is 0 Å². The molecule has 1 aliphatic carbocycles. The Hall–Kier alpha value is -0.810. The van der Waals surface area contributed by atoms with Gasteiger partial charge in [-0.3, -0.25) is 0 Å².